The third-order valence-corrected chi connectivity index (χ3v) is 4.40. The van der Waals surface area contributed by atoms with Gasteiger partial charge in [0.15, 0.2) is 0 Å². The lowest BCUT2D eigenvalue weighted by atomic mass is 9.90. The van der Waals surface area contributed by atoms with Crippen LogP contribution in [0.2, 0.25) is 0 Å². The number of fused-ring (bicyclic) bond motifs is 1. The Hall–Kier alpha value is -0.0400. The molecule has 0 bridgehead atoms. The minimum absolute atomic E-state index is 0.0188. The molecule has 0 aromatic carbocycles. The van der Waals surface area contributed by atoms with Crippen LogP contribution in [0.25, 0.3) is 0 Å². The van der Waals surface area contributed by atoms with Crippen molar-refractivity contribution in [3.05, 3.63) is 0 Å². The first-order valence-electron chi connectivity index (χ1n) is 5.97. The van der Waals surface area contributed by atoms with Gasteiger partial charge >= 0.3 is 0 Å². The molecule has 0 aromatic rings. The van der Waals surface area contributed by atoms with Gasteiger partial charge in [-0.1, -0.05) is 33.1 Å². The van der Waals surface area contributed by atoms with Crippen LogP contribution in [0.4, 0.5) is 0 Å². The molecule has 0 aromatic heterocycles. The SMILES string of the molecule is CCC(CC)C(O)C1C2CCCC21. The third kappa shape index (κ3) is 1.52. The maximum absolute atomic E-state index is 10.2. The van der Waals surface area contributed by atoms with E-state index in [1.807, 2.05) is 0 Å². The highest BCUT2D eigenvalue weighted by molar-refractivity contribution is 5.05. The molecule has 3 atom stereocenters. The molecule has 0 amide bonds. The minimum Gasteiger partial charge on any atom is -0.393 e. The van der Waals surface area contributed by atoms with E-state index in [4.69, 9.17) is 0 Å². The molecule has 0 heterocycles. The van der Waals surface area contributed by atoms with Crippen molar-refractivity contribution < 1.29 is 5.11 Å². The maximum atomic E-state index is 10.2. The summed E-state index contributed by atoms with van der Waals surface area (Å²) in [5.74, 6) is 3.08. The fraction of sp³-hybridized carbons (Fsp3) is 1.00. The summed E-state index contributed by atoms with van der Waals surface area (Å²) in [6.07, 6.45) is 6.52. The summed E-state index contributed by atoms with van der Waals surface area (Å²) in [5, 5.41) is 10.2. The molecule has 13 heavy (non-hydrogen) atoms. The zero-order valence-electron chi connectivity index (χ0n) is 8.87. The average molecular weight is 182 g/mol. The van der Waals surface area contributed by atoms with Gasteiger partial charge in [-0.25, -0.2) is 0 Å². The Kier molecular flexibility index (Phi) is 2.64. The molecule has 1 N–H and O–H groups in total. The number of rotatable bonds is 4. The molecule has 3 unspecified atom stereocenters. The normalized spacial score (nSPS) is 39.2. The molecule has 2 saturated carbocycles. The Morgan fingerprint density at radius 1 is 1.15 bits per heavy atom. The fourth-order valence-corrected chi connectivity index (χ4v) is 3.47. The molecule has 2 aliphatic carbocycles. The van der Waals surface area contributed by atoms with Gasteiger partial charge in [0.1, 0.15) is 0 Å². The van der Waals surface area contributed by atoms with Crippen LogP contribution in [0.1, 0.15) is 46.0 Å². The molecular weight excluding hydrogens is 160 g/mol. The van der Waals surface area contributed by atoms with E-state index in [1.165, 1.54) is 19.3 Å². The van der Waals surface area contributed by atoms with Crippen LogP contribution in [0.3, 0.4) is 0 Å². The van der Waals surface area contributed by atoms with E-state index in [0.29, 0.717) is 11.8 Å². The molecule has 2 aliphatic rings. The molecule has 0 spiro atoms. The van der Waals surface area contributed by atoms with Crippen molar-refractivity contribution in [2.75, 3.05) is 0 Å². The Morgan fingerprint density at radius 3 is 2.15 bits per heavy atom. The van der Waals surface area contributed by atoms with Gasteiger partial charge in [0, 0.05) is 0 Å². The van der Waals surface area contributed by atoms with Crippen LogP contribution in [-0.4, -0.2) is 11.2 Å². The number of aliphatic hydroxyl groups excluding tert-OH is 1. The Morgan fingerprint density at radius 2 is 1.69 bits per heavy atom. The average Bonchev–Trinajstić information content (AvgIpc) is 2.62. The third-order valence-electron chi connectivity index (χ3n) is 4.40. The second kappa shape index (κ2) is 3.61. The van der Waals surface area contributed by atoms with E-state index in [-0.39, 0.29) is 6.10 Å². The molecule has 0 saturated heterocycles. The summed E-state index contributed by atoms with van der Waals surface area (Å²) >= 11 is 0. The highest BCUT2D eigenvalue weighted by Crippen LogP contribution is 2.60. The first-order chi connectivity index (χ1) is 6.29. The van der Waals surface area contributed by atoms with Crippen molar-refractivity contribution >= 4 is 0 Å². The van der Waals surface area contributed by atoms with Crippen molar-refractivity contribution in [3.8, 4) is 0 Å². The van der Waals surface area contributed by atoms with E-state index in [2.05, 4.69) is 13.8 Å². The monoisotopic (exact) mass is 182 g/mol. The summed E-state index contributed by atoms with van der Waals surface area (Å²) in [6.45, 7) is 4.41. The first kappa shape index (κ1) is 9.51. The summed E-state index contributed by atoms with van der Waals surface area (Å²) in [4.78, 5) is 0. The van der Waals surface area contributed by atoms with Gasteiger partial charge in [-0.3, -0.25) is 0 Å². The molecule has 2 fully saturated rings. The van der Waals surface area contributed by atoms with Crippen molar-refractivity contribution in [2.24, 2.45) is 23.7 Å². The Bertz CT molecular complexity index is 164. The summed E-state index contributed by atoms with van der Waals surface area (Å²) in [7, 11) is 0. The largest absolute Gasteiger partial charge is 0.393 e. The second-order valence-corrected chi connectivity index (χ2v) is 4.90. The molecule has 1 nitrogen and oxygen atoms in total. The quantitative estimate of drug-likeness (QED) is 0.709. The van der Waals surface area contributed by atoms with Crippen LogP contribution < -0.4 is 0 Å². The van der Waals surface area contributed by atoms with Gasteiger partial charge in [-0.15, -0.1) is 0 Å². The van der Waals surface area contributed by atoms with Crippen LogP contribution in [0.5, 0.6) is 0 Å². The fourth-order valence-electron chi connectivity index (χ4n) is 3.47. The van der Waals surface area contributed by atoms with Crippen LogP contribution in [-0.2, 0) is 0 Å². The predicted octanol–water partition coefficient (Wildman–Crippen LogP) is 2.83. The predicted molar refractivity (Wildman–Crippen MR) is 54.4 cm³/mol. The van der Waals surface area contributed by atoms with Gasteiger partial charge in [-0.2, -0.15) is 0 Å². The van der Waals surface area contributed by atoms with E-state index in [0.717, 1.165) is 24.7 Å². The van der Waals surface area contributed by atoms with Crippen LogP contribution in [0, 0.1) is 23.7 Å². The second-order valence-electron chi connectivity index (χ2n) is 4.90. The van der Waals surface area contributed by atoms with Crippen molar-refractivity contribution in [1.29, 1.82) is 0 Å². The Balaban J connectivity index is 1.87. The minimum atomic E-state index is 0.0188. The number of hydrogen-bond acceptors (Lipinski definition) is 1. The highest BCUT2D eigenvalue weighted by Gasteiger charge is 2.56. The lowest BCUT2D eigenvalue weighted by Gasteiger charge is -2.21. The zero-order chi connectivity index (χ0) is 9.42. The van der Waals surface area contributed by atoms with Gasteiger partial charge in [0.2, 0.25) is 0 Å². The van der Waals surface area contributed by atoms with Crippen molar-refractivity contribution in [2.45, 2.75) is 52.1 Å². The van der Waals surface area contributed by atoms with Gasteiger partial charge in [0.05, 0.1) is 6.10 Å². The van der Waals surface area contributed by atoms with Gasteiger partial charge in [-0.05, 0) is 36.5 Å². The highest BCUT2D eigenvalue weighted by atomic mass is 16.3. The molecule has 0 radical (unpaired) electrons. The molecule has 1 heteroatoms. The van der Waals surface area contributed by atoms with Crippen molar-refractivity contribution in [1.82, 2.24) is 0 Å². The van der Waals surface area contributed by atoms with Crippen LogP contribution >= 0.6 is 0 Å². The van der Waals surface area contributed by atoms with E-state index in [9.17, 15) is 5.11 Å². The molecule has 76 valence electrons. The van der Waals surface area contributed by atoms with E-state index in [1.54, 1.807) is 0 Å². The Labute approximate surface area is 81.5 Å². The lowest BCUT2D eigenvalue weighted by molar-refractivity contribution is 0.0696. The summed E-state index contributed by atoms with van der Waals surface area (Å²) in [5.41, 5.74) is 0. The topological polar surface area (TPSA) is 20.2 Å². The van der Waals surface area contributed by atoms with Crippen molar-refractivity contribution in [3.63, 3.8) is 0 Å². The maximum Gasteiger partial charge on any atom is 0.0601 e. The number of aliphatic hydroxyl groups is 1. The first-order valence-corrected chi connectivity index (χ1v) is 5.97. The summed E-state index contributed by atoms with van der Waals surface area (Å²) in [6, 6.07) is 0. The van der Waals surface area contributed by atoms with E-state index < -0.39 is 0 Å². The molecular formula is C12H22O. The van der Waals surface area contributed by atoms with E-state index >= 15 is 0 Å². The zero-order valence-corrected chi connectivity index (χ0v) is 8.87. The number of hydrogen-bond donors (Lipinski definition) is 1. The smallest absolute Gasteiger partial charge is 0.0601 e. The van der Waals surface area contributed by atoms with Crippen LogP contribution in [0.15, 0.2) is 0 Å². The molecule has 2 rings (SSSR count). The molecule has 0 aliphatic heterocycles. The van der Waals surface area contributed by atoms with Gasteiger partial charge < -0.3 is 5.11 Å². The van der Waals surface area contributed by atoms with Gasteiger partial charge in [0.25, 0.3) is 0 Å². The lowest BCUT2D eigenvalue weighted by Crippen LogP contribution is -2.23. The summed E-state index contributed by atoms with van der Waals surface area (Å²) < 4.78 is 0. The standard InChI is InChI=1S/C12H22O/c1-3-8(4-2)12(13)11-9-6-5-7-10(9)11/h8-13H,3-7H2,1-2H3.